The molecule has 0 fully saturated rings. The van der Waals surface area contributed by atoms with E-state index in [1.807, 2.05) is 18.2 Å². The van der Waals surface area contributed by atoms with E-state index in [1.54, 1.807) is 0 Å². The fourth-order valence-corrected chi connectivity index (χ4v) is 1.45. The van der Waals surface area contributed by atoms with Gasteiger partial charge in [-0.2, -0.15) is 0 Å². The van der Waals surface area contributed by atoms with Gasteiger partial charge in [0.2, 0.25) is 0 Å². The second kappa shape index (κ2) is 2.84. The molecule has 0 unspecified atom stereocenters. The molecule has 0 amide bonds. The Bertz CT molecular complexity index is 461. The highest BCUT2D eigenvalue weighted by Crippen LogP contribution is 2.23. The summed E-state index contributed by atoms with van der Waals surface area (Å²) in [5.41, 5.74) is 3.10. The number of aromatic nitrogens is 2. The third-order valence-corrected chi connectivity index (χ3v) is 2.31. The summed E-state index contributed by atoms with van der Waals surface area (Å²) in [5, 5.41) is 0. The van der Waals surface area contributed by atoms with Gasteiger partial charge in [0.15, 0.2) is 0 Å². The van der Waals surface area contributed by atoms with Crippen LogP contribution in [0.3, 0.4) is 0 Å². The molecule has 1 heterocycles. The molecule has 0 spiro atoms. The second-order valence-corrected chi connectivity index (χ2v) is 4.65. The summed E-state index contributed by atoms with van der Waals surface area (Å²) in [6, 6.07) is 6.01. The quantitative estimate of drug-likeness (QED) is 0.674. The highest BCUT2D eigenvalue weighted by Gasteiger charge is 2.18. The lowest BCUT2D eigenvalue weighted by atomic mass is 9.96. The van der Waals surface area contributed by atoms with Crippen molar-refractivity contribution in [2.45, 2.75) is 26.2 Å². The van der Waals surface area contributed by atoms with Crippen LogP contribution in [0.1, 0.15) is 32.2 Å². The van der Waals surface area contributed by atoms with Crippen LogP contribution in [0.4, 0.5) is 0 Å². The lowest BCUT2D eigenvalue weighted by Crippen LogP contribution is -2.12. The van der Waals surface area contributed by atoms with Crippen LogP contribution in [0.15, 0.2) is 18.2 Å². The predicted molar refractivity (Wildman–Crippen MR) is 59.3 cm³/mol. The Hall–Kier alpha value is -1.31. The number of imidazole rings is 1. The molecule has 2 nitrogen and oxygen atoms in total. The van der Waals surface area contributed by atoms with Crippen LogP contribution in [-0.2, 0) is 5.41 Å². The van der Waals surface area contributed by atoms with E-state index in [2.05, 4.69) is 37.7 Å². The average Bonchev–Trinajstić information content (AvgIpc) is 2.48. The third-order valence-electron chi connectivity index (χ3n) is 2.31. The van der Waals surface area contributed by atoms with Crippen molar-refractivity contribution in [2.75, 3.05) is 0 Å². The molecular formula is C12H15N2. The molecule has 0 aliphatic heterocycles. The molecule has 0 aliphatic rings. The smallest absolute Gasteiger partial charge is 0.112 e. The van der Waals surface area contributed by atoms with Crippen molar-refractivity contribution in [1.82, 2.24) is 9.97 Å². The summed E-state index contributed by atoms with van der Waals surface area (Å²) in [4.78, 5) is 7.89. The Morgan fingerprint density at radius 2 is 2.00 bits per heavy atom. The number of nitrogens with zero attached hydrogens (tertiary/aromatic N) is 1. The normalized spacial score (nSPS) is 12.3. The second-order valence-electron chi connectivity index (χ2n) is 4.65. The summed E-state index contributed by atoms with van der Waals surface area (Å²) < 4.78 is 0. The Morgan fingerprint density at radius 1 is 1.29 bits per heavy atom. The first-order chi connectivity index (χ1) is 6.48. The van der Waals surface area contributed by atoms with Gasteiger partial charge in [0.25, 0.3) is 0 Å². The Kier molecular flexibility index (Phi) is 1.88. The van der Waals surface area contributed by atoms with Gasteiger partial charge in [-0.05, 0) is 18.6 Å². The van der Waals surface area contributed by atoms with E-state index in [0.717, 1.165) is 22.4 Å². The number of aromatic amines is 1. The molecular weight excluding hydrogens is 172 g/mol. The summed E-state index contributed by atoms with van der Waals surface area (Å²) in [6.45, 7) is 10.4. The monoisotopic (exact) mass is 187 g/mol. The van der Waals surface area contributed by atoms with Gasteiger partial charge in [-0.15, -0.1) is 0 Å². The van der Waals surface area contributed by atoms with Gasteiger partial charge < -0.3 is 4.98 Å². The third kappa shape index (κ3) is 1.41. The summed E-state index contributed by atoms with van der Waals surface area (Å²) in [6.07, 6.45) is 0. The van der Waals surface area contributed by atoms with Crippen molar-refractivity contribution in [1.29, 1.82) is 0 Å². The van der Waals surface area contributed by atoms with Crippen LogP contribution in [0.2, 0.25) is 0 Å². The predicted octanol–water partition coefficient (Wildman–Crippen LogP) is 3.04. The van der Waals surface area contributed by atoms with E-state index in [1.165, 1.54) is 0 Å². The van der Waals surface area contributed by atoms with Gasteiger partial charge >= 0.3 is 0 Å². The first-order valence-corrected chi connectivity index (χ1v) is 4.79. The Morgan fingerprint density at radius 3 is 2.57 bits per heavy atom. The topological polar surface area (TPSA) is 28.7 Å². The standard InChI is InChI=1S/C12H15N2/c1-8-6-5-7-9-10(8)14-11(13-9)12(2,3)4/h5-7H,1H2,2-4H3,(H,13,14). The van der Waals surface area contributed by atoms with Crippen LogP contribution in [-0.4, -0.2) is 9.97 Å². The lowest BCUT2D eigenvalue weighted by Gasteiger charge is -2.13. The number of nitrogens with one attached hydrogen (secondary N) is 1. The number of H-pyrrole nitrogens is 1. The average molecular weight is 187 g/mol. The minimum absolute atomic E-state index is 0.0610. The van der Waals surface area contributed by atoms with Crippen molar-refractivity contribution in [3.63, 3.8) is 0 Å². The highest BCUT2D eigenvalue weighted by molar-refractivity contribution is 5.79. The minimum atomic E-state index is 0.0610. The number of hydrogen-bond acceptors (Lipinski definition) is 1. The first-order valence-electron chi connectivity index (χ1n) is 4.79. The summed E-state index contributed by atoms with van der Waals surface area (Å²) in [5.74, 6) is 1.02. The number of benzene rings is 1. The van der Waals surface area contributed by atoms with Gasteiger partial charge in [-0.3, -0.25) is 0 Å². The molecule has 1 radical (unpaired) electrons. The van der Waals surface area contributed by atoms with Crippen molar-refractivity contribution in [3.8, 4) is 0 Å². The van der Waals surface area contributed by atoms with E-state index >= 15 is 0 Å². The van der Waals surface area contributed by atoms with E-state index in [-0.39, 0.29) is 5.41 Å². The van der Waals surface area contributed by atoms with Crippen LogP contribution in [0, 0.1) is 6.92 Å². The minimum Gasteiger partial charge on any atom is -0.342 e. The molecule has 0 bridgehead atoms. The number of fused-ring (bicyclic) bond motifs is 1. The zero-order chi connectivity index (χ0) is 10.3. The van der Waals surface area contributed by atoms with E-state index < -0.39 is 0 Å². The molecule has 2 heteroatoms. The molecule has 0 saturated heterocycles. The Balaban J connectivity index is 2.69. The van der Waals surface area contributed by atoms with Gasteiger partial charge in [0.05, 0.1) is 11.0 Å². The largest absolute Gasteiger partial charge is 0.342 e. The summed E-state index contributed by atoms with van der Waals surface area (Å²) in [7, 11) is 0. The highest BCUT2D eigenvalue weighted by atomic mass is 14.9. The van der Waals surface area contributed by atoms with Gasteiger partial charge in [-0.1, -0.05) is 32.9 Å². The van der Waals surface area contributed by atoms with E-state index in [0.29, 0.717) is 0 Å². The van der Waals surface area contributed by atoms with E-state index in [9.17, 15) is 0 Å². The number of para-hydroxylation sites is 1. The maximum absolute atomic E-state index is 4.57. The van der Waals surface area contributed by atoms with Crippen molar-refractivity contribution >= 4 is 11.0 Å². The molecule has 14 heavy (non-hydrogen) atoms. The molecule has 2 aromatic rings. The summed E-state index contributed by atoms with van der Waals surface area (Å²) >= 11 is 0. The molecule has 1 N–H and O–H groups in total. The molecule has 0 saturated carbocycles. The Labute approximate surface area is 84.4 Å². The maximum atomic E-state index is 4.57. The molecule has 73 valence electrons. The maximum Gasteiger partial charge on any atom is 0.112 e. The first kappa shape index (κ1) is 9.25. The van der Waals surface area contributed by atoms with Gasteiger partial charge in [0.1, 0.15) is 5.82 Å². The molecule has 0 atom stereocenters. The van der Waals surface area contributed by atoms with Crippen LogP contribution >= 0.6 is 0 Å². The fraction of sp³-hybridized carbons (Fsp3) is 0.333. The molecule has 2 rings (SSSR count). The fourth-order valence-electron chi connectivity index (χ4n) is 1.45. The van der Waals surface area contributed by atoms with Crippen LogP contribution in [0.25, 0.3) is 11.0 Å². The van der Waals surface area contributed by atoms with Crippen molar-refractivity contribution < 1.29 is 0 Å². The molecule has 0 aliphatic carbocycles. The SMILES string of the molecule is [CH2]c1cccc2[nH]c(C(C)(C)C)nc12. The number of rotatable bonds is 0. The van der Waals surface area contributed by atoms with Crippen LogP contribution in [0.5, 0.6) is 0 Å². The number of hydrogen-bond donors (Lipinski definition) is 1. The van der Waals surface area contributed by atoms with Gasteiger partial charge in [-0.25, -0.2) is 4.98 Å². The zero-order valence-corrected chi connectivity index (χ0v) is 8.89. The van der Waals surface area contributed by atoms with Crippen LogP contribution < -0.4 is 0 Å². The van der Waals surface area contributed by atoms with Gasteiger partial charge in [0, 0.05) is 5.41 Å². The van der Waals surface area contributed by atoms with Crippen molar-refractivity contribution in [3.05, 3.63) is 36.5 Å². The lowest BCUT2D eigenvalue weighted by molar-refractivity contribution is 0.554. The molecule has 1 aromatic heterocycles. The van der Waals surface area contributed by atoms with E-state index in [4.69, 9.17) is 0 Å². The zero-order valence-electron chi connectivity index (χ0n) is 8.89. The van der Waals surface area contributed by atoms with Crippen molar-refractivity contribution in [2.24, 2.45) is 0 Å². The molecule has 1 aromatic carbocycles.